The average Bonchev–Trinajstić information content (AvgIpc) is 2.32. The molecule has 0 aliphatic carbocycles. The first kappa shape index (κ1) is 12.6. The topological polar surface area (TPSA) is 38.7 Å². The van der Waals surface area contributed by atoms with Gasteiger partial charge in [-0.15, -0.1) is 10.2 Å². The molecule has 2 rings (SSSR count). The van der Waals surface area contributed by atoms with Crippen LogP contribution in [0, 0.1) is 13.8 Å². The van der Waals surface area contributed by atoms with Crippen molar-refractivity contribution in [3.05, 3.63) is 39.6 Å². The number of hydrogen-bond donors (Lipinski definition) is 0. The van der Waals surface area contributed by atoms with Gasteiger partial charge in [-0.2, -0.15) is 0 Å². The zero-order valence-electron chi connectivity index (χ0n) is 9.24. The minimum absolute atomic E-state index is 0.430. The van der Waals surface area contributed by atoms with Crippen LogP contribution in [0.1, 0.15) is 11.1 Å². The molecule has 0 saturated carbocycles. The van der Waals surface area contributed by atoms with Crippen molar-refractivity contribution in [1.29, 1.82) is 0 Å². The summed E-state index contributed by atoms with van der Waals surface area (Å²) in [5.74, 6) is 0. The van der Waals surface area contributed by atoms with Gasteiger partial charge >= 0.3 is 0 Å². The Morgan fingerprint density at radius 3 is 2.53 bits per heavy atom. The van der Waals surface area contributed by atoms with E-state index >= 15 is 0 Å². The maximum atomic E-state index is 6.04. The lowest BCUT2D eigenvalue weighted by molar-refractivity contribution is 0.889. The lowest BCUT2D eigenvalue weighted by atomic mass is 10.2. The summed E-state index contributed by atoms with van der Waals surface area (Å²) < 4.78 is 0. The van der Waals surface area contributed by atoms with Gasteiger partial charge in [-0.3, -0.25) is 0 Å². The summed E-state index contributed by atoms with van der Waals surface area (Å²) in [5, 5.41) is 10.5. The van der Waals surface area contributed by atoms with E-state index in [4.69, 9.17) is 23.2 Å². The molecule has 6 heteroatoms. The molecule has 0 aromatic carbocycles. The van der Waals surface area contributed by atoms with Gasteiger partial charge in [0.2, 0.25) is 0 Å². The lowest BCUT2D eigenvalue weighted by Gasteiger charge is -2.07. The Kier molecular flexibility index (Phi) is 3.86. The average molecular weight is 286 g/mol. The third-order valence-electron chi connectivity index (χ3n) is 2.34. The van der Waals surface area contributed by atoms with E-state index in [9.17, 15) is 0 Å². The van der Waals surface area contributed by atoms with Gasteiger partial charge < -0.3 is 0 Å². The summed E-state index contributed by atoms with van der Waals surface area (Å²) in [6, 6.07) is 3.58. The molecule has 0 aliphatic rings. The first-order chi connectivity index (χ1) is 8.09. The van der Waals surface area contributed by atoms with Crippen molar-refractivity contribution >= 4 is 35.0 Å². The Morgan fingerprint density at radius 2 is 1.82 bits per heavy atom. The number of hydrogen-bond acceptors (Lipinski definition) is 4. The van der Waals surface area contributed by atoms with E-state index in [2.05, 4.69) is 15.2 Å². The smallest absolute Gasteiger partial charge is 0.154 e. The Morgan fingerprint density at radius 1 is 1.06 bits per heavy atom. The summed E-state index contributed by atoms with van der Waals surface area (Å²) in [5.41, 5.74) is 1.92. The van der Waals surface area contributed by atoms with Crippen molar-refractivity contribution in [3.8, 4) is 0 Å². The molecule has 2 aromatic heterocycles. The van der Waals surface area contributed by atoms with Gasteiger partial charge in [0.15, 0.2) is 5.15 Å². The Hall–Kier alpha value is -0.840. The predicted octanol–water partition coefficient (Wildman–Crippen LogP) is 3.95. The third kappa shape index (κ3) is 2.70. The zero-order chi connectivity index (χ0) is 12.4. The fraction of sp³-hybridized carbons (Fsp3) is 0.182. The van der Waals surface area contributed by atoms with Crippen molar-refractivity contribution in [3.63, 3.8) is 0 Å². The largest absolute Gasteiger partial charge is 0.248 e. The molecule has 0 atom stereocenters. The number of rotatable bonds is 2. The van der Waals surface area contributed by atoms with Crippen LogP contribution in [-0.2, 0) is 0 Å². The highest BCUT2D eigenvalue weighted by Gasteiger charge is 2.11. The molecule has 0 saturated heterocycles. The van der Waals surface area contributed by atoms with Gasteiger partial charge in [-0.05, 0) is 48.9 Å². The Bertz CT molecular complexity index is 560. The van der Waals surface area contributed by atoms with Gasteiger partial charge in [-0.25, -0.2) is 4.98 Å². The maximum absolute atomic E-state index is 6.04. The second kappa shape index (κ2) is 5.21. The van der Waals surface area contributed by atoms with Crippen LogP contribution in [-0.4, -0.2) is 15.2 Å². The monoisotopic (exact) mass is 285 g/mol. The molecular formula is C11H9Cl2N3S. The van der Waals surface area contributed by atoms with Crippen molar-refractivity contribution in [2.45, 2.75) is 23.9 Å². The van der Waals surface area contributed by atoms with Gasteiger partial charge in [0.05, 0.1) is 5.02 Å². The van der Waals surface area contributed by atoms with E-state index in [0.29, 0.717) is 15.2 Å². The van der Waals surface area contributed by atoms with Crippen LogP contribution in [0.5, 0.6) is 0 Å². The third-order valence-corrected chi connectivity index (χ3v) is 4.22. The Labute approximate surface area is 114 Å². The highest BCUT2D eigenvalue weighted by molar-refractivity contribution is 7.99. The molecule has 0 amide bonds. The first-order valence-corrected chi connectivity index (χ1v) is 6.44. The summed E-state index contributed by atoms with van der Waals surface area (Å²) in [6.45, 7) is 3.87. The standard InChI is InChI=1S/C11H9Cl2N3S/c1-6-7(2)10(16-15-9(6)13)17-11-8(12)4-3-5-14-11/h3-5H,1-2H3. The van der Waals surface area contributed by atoms with E-state index in [1.54, 1.807) is 18.3 Å². The van der Waals surface area contributed by atoms with E-state index in [1.807, 2.05) is 13.8 Å². The molecule has 3 nitrogen and oxygen atoms in total. The van der Waals surface area contributed by atoms with Crippen molar-refractivity contribution in [2.24, 2.45) is 0 Å². The number of pyridine rings is 1. The molecule has 0 radical (unpaired) electrons. The van der Waals surface area contributed by atoms with Gasteiger partial charge in [0.1, 0.15) is 10.1 Å². The number of aromatic nitrogens is 3. The van der Waals surface area contributed by atoms with E-state index in [-0.39, 0.29) is 0 Å². The highest BCUT2D eigenvalue weighted by atomic mass is 35.5. The van der Waals surface area contributed by atoms with Gasteiger partial charge in [-0.1, -0.05) is 23.2 Å². The summed E-state index contributed by atoms with van der Waals surface area (Å²) in [7, 11) is 0. The Balaban J connectivity index is 2.38. The molecule has 88 valence electrons. The fourth-order valence-corrected chi connectivity index (χ4v) is 2.46. The second-order valence-corrected chi connectivity index (χ2v) is 5.18. The van der Waals surface area contributed by atoms with E-state index in [0.717, 1.165) is 16.2 Å². The minimum Gasteiger partial charge on any atom is -0.248 e. The van der Waals surface area contributed by atoms with E-state index in [1.165, 1.54) is 11.8 Å². The molecule has 2 aromatic rings. The van der Waals surface area contributed by atoms with Gasteiger partial charge in [0, 0.05) is 6.20 Å². The van der Waals surface area contributed by atoms with Crippen molar-refractivity contribution < 1.29 is 0 Å². The predicted molar refractivity (Wildman–Crippen MR) is 69.9 cm³/mol. The lowest BCUT2D eigenvalue weighted by Crippen LogP contribution is -1.95. The highest BCUT2D eigenvalue weighted by Crippen LogP contribution is 2.33. The second-order valence-electron chi connectivity index (χ2n) is 3.44. The van der Waals surface area contributed by atoms with E-state index < -0.39 is 0 Å². The minimum atomic E-state index is 0.430. The normalized spacial score (nSPS) is 10.6. The van der Waals surface area contributed by atoms with Gasteiger partial charge in [0.25, 0.3) is 0 Å². The van der Waals surface area contributed by atoms with Crippen molar-refractivity contribution in [2.75, 3.05) is 0 Å². The molecule has 0 unspecified atom stereocenters. The first-order valence-electron chi connectivity index (χ1n) is 4.87. The van der Waals surface area contributed by atoms with Crippen LogP contribution in [0.25, 0.3) is 0 Å². The molecule has 0 fully saturated rings. The molecule has 0 aliphatic heterocycles. The van der Waals surface area contributed by atoms with Crippen LogP contribution >= 0.6 is 35.0 Å². The maximum Gasteiger partial charge on any atom is 0.154 e. The fourth-order valence-electron chi connectivity index (χ4n) is 1.19. The van der Waals surface area contributed by atoms with Crippen LogP contribution in [0.4, 0.5) is 0 Å². The zero-order valence-corrected chi connectivity index (χ0v) is 11.6. The quantitative estimate of drug-likeness (QED) is 0.838. The number of halogens is 2. The molecule has 0 spiro atoms. The molecule has 0 N–H and O–H groups in total. The summed E-state index contributed by atoms with van der Waals surface area (Å²) >= 11 is 13.3. The van der Waals surface area contributed by atoms with Crippen LogP contribution < -0.4 is 0 Å². The molecule has 17 heavy (non-hydrogen) atoms. The van der Waals surface area contributed by atoms with Crippen LogP contribution in [0.2, 0.25) is 10.2 Å². The van der Waals surface area contributed by atoms with Crippen molar-refractivity contribution in [1.82, 2.24) is 15.2 Å². The summed E-state index contributed by atoms with van der Waals surface area (Å²) in [4.78, 5) is 4.20. The number of nitrogens with zero attached hydrogens (tertiary/aromatic N) is 3. The van der Waals surface area contributed by atoms with Crippen LogP contribution in [0.3, 0.4) is 0 Å². The SMILES string of the molecule is Cc1c(Cl)nnc(Sc2ncccc2Cl)c1C. The van der Waals surface area contributed by atoms with Crippen LogP contribution in [0.15, 0.2) is 28.4 Å². The summed E-state index contributed by atoms with van der Waals surface area (Å²) in [6.07, 6.45) is 1.69. The molecule has 2 heterocycles. The molecule has 0 bridgehead atoms. The molecular weight excluding hydrogens is 277 g/mol.